The van der Waals surface area contributed by atoms with Gasteiger partial charge in [0, 0.05) is 65.4 Å². The average Bonchev–Trinajstić information content (AvgIpc) is 2.70. The molecule has 0 unspecified atom stereocenters. The molecule has 0 spiro atoms. The molecule has 0 aliphatic carbocycles. The van der Waals surface area contributed by atoms with Crippen LogP contribution in [0.25, 0.3) is 0 Å². The highest BCUT2D eigenvalue weighted by Gasteiger charge is 2.15. The van der Waals surface area contributed by atoms with Crippen LogP contribution in [-0.2, 0) is 18.9 Å². The Hall–Kier alpha value is -0.360. The van der Waals surface area contributed by atoms with Gasteiger partial charge in [-0.05, 0) is 0 Å². The molecule has 9 heteroatoms. The first-order valence-corrected chi connectivity index (χ1v) is 10.2. The van der Waals surface area contributed by atoms with Crippen LogP contribution >= 0.6 is 0 Å². The second kappa shape index (κ2) is 19.0. The van der Waals surface area contributed by atoms with Crippen molar-refractivity contribution in [3.63, 3.8) is 0 Å². The van der Waals surface area contributed by atoms with Gasteiger partial charge in [-0.1, -0.05) is 0 Å². The summed E-state index contributed by atoms with van der Waals surface area (Å²) in [4.78, 5) is 4.97. The molecule has 5 N–H and O–H groups in total. The van der Waals surface area contributed by atoms with Gasteiger partial charge in [0.25, 0.3) is 0 Å². The minimum Gasteiger partial charge on any atom is -0.378 e. The van der Waals surface area contributed by atoms with Gasteiger partial charge in [-0.15, -0.1) is 0 Å². The van der Waals surface area contributed by atoms with Gasteiger partial charge in [0.1, 0.15) is 0 Å². The lowest BCUT2D eigenvalue weighted by atomic mass is 10.3. The summed E-state index contributed by atoms with van der Waals surface area (Å²) in [5, 5.41) is 3.43. The van der Waals surface area contributed by atoms with Crippen LogP contribution in [0, 0.1) is 0 Å². The molecule has 27 heavy (non-hydrogen) atoms. The first-order valence-electron chi connectivity index (χ1n) is 10.2. The fraction of sp³-hybridized carbons (Fsp3) is 1.00. The predicted molar refractivity (Wildman–Crippen MR) is 107 cm³/mol. The van der Waals surface area contributed by atoms with Crippen molar-refractivity contribution in [3.05, 3.63) is 0 Å². The lowest BCUT2D eigenvalue weighted by Crippen LogP contribution is -2.48. The molecule has 0 aromatic heterocycles. The summed E-state index contributed by atoms with van der Waals surface area (Å²) >= 11 is 0. The van der Waals surface area contributed by atoms with Crippen LogP contribution in [0.1, 0.15) is 0 Å². The molecule has 0 amide bonds. The number of piperazine rings is 1. The van der Waals surface area contributed by atoms with Crippen molar-refractivity contribution < 1.29 is 18.9 Å². The highest BCUT2D eigenvalue weighted by molar-refractivity contribution is 4.72. The smallest absolute Gasteiger partial charge is 0.0701 e. The van der Waals surface area contributed by atoms with E-state index in [1.165, 1.54) is 0 Å². The molecule has 1 fully saturated rings. The van der Waals surface area contributed by atoms with E-state index in [1.807, 2.05) is 0 Å². The van der Waals surface area contributed by atoms with Crippen LogP contribution in [0.3, 0.4) is 0 Å². The van der Waals surface area contributed by atoms with Gasteiger partial charge in [0.15, 0.2) is 0 Å². The Morgan fingerprint density at radius 2 is 1.04 bits per heavy atom. The normalized spacial score (nSPS) is 16.2. The molecule has 0 atom stereocenters. The van der Waals surface area contributed by atoms with Gasteiger partial charge in [-0.3, -0.25) is 9.80 Å². The fourth-order valence-electron chi connectivity index (χ4n) is 2.75. The molecule has 1 heterocycles. The number of nitrogens with one attached hydrogen (secondary N) is 1. The third-order valence-electron chi connectivity index (χ3n) is 4.31. The largest absolute Gasteiger partial charge is 0.378 e. The zero-order valence-corrected chi connectivity index (χ0v) is 16.9. The van der Waals surface area contributed by atoms with Crippen LogP contribution in [0.4, 0.5) is 0 Å². The summed E-state index contributed by atoms with van der Waals surface area (Å²) in [6.07, 6.45) is 0. The highest BCUT2D eigenvalue weighted by Crippen LogP contribution is 2.00. The van der Waals surface area contributed by atoms with E-state index in [9.17, 15) is 0 Å². The monoisotopic (exact) mass is 391 g/mol. The summed E-state index contributed by atoms with van der Waals surface area (Å²) in [7, 11) is 0. The molecule has 0 aromatic rings. The van der Waals surface area contributed by atoms with E-state index in [1.54, 1.807) is 0 Å². The Bertz CT molecular complexity index is 305. The van der Waals surface area contributed by atoms with Crippen molar-refractivity contribution in [3.8, 4) is 0 Å². The lowest BCUT2D eigenvalue weighted by molar-refractivity contribution is 0.0337. The number of hydrogen-bond donors (Lipinski definition) is 3. The van der Waals surface area contributed by atoms with Gasteiger partial charge in [0.05, 0.1) is 52.9 Å². The van der Waals surface area contributed by atoms with Gasteiger partial charge in [0.2, 0.25) is 0 Å². The van der Waals surface area contributed by atoms with Crippen molar-refractivity contribution in [2.45, 2.75) is 0 Å². The van der Waals surface area contributed by atoms with Gasteiger partial charge in [-0.25, -0.2) is 0 Å². The van der Waals surface area contributed by atoms with Crippen molar-refractivity contribution in [2.75, 3.05) is 118 Å². The van der Waals surface area contributed by atoms with Gasteiger partial charge >= 0.3 is 0 Å². The van der Waals surface area contributed by atoms with E-state index in [0.29, 0.717) is 52.7 Å². The molecule has 1 saturated heterocycles. The van der Waals surface area contributed by atoms with Crippen LogP contribution in [0.2, 0.25) is 0 Å². The van der Waals surface area contributed by atoms with E-state index < -0.39 is 0 Å². The summed E-state index contributed by atoms with van der Waals surface area (Å²) in [6, 6.07) is 0. The maximum atomic E-state index is 5.59. The van der Waals surface area contributed by atoms with Crippen molar-refractivity contribution >= 4 is 0 Å². The van der Waals surface area contributed by atoms with Crippen LogP contribution < -0.4 is 16.8 Å². The molecular formula is C18H41N5O4. The third-order valence-corrected chi connectivity index (χ3v) is 4.31. The molecule has 1 aliphatic rings. The Labute approximate surface area is 164 Å². The second-order valence-corrected chi connectivity index (χ2v) is 6.46. The first kappa shape index (κ1) is 24.7. The predicted octanol–water partition coefficient (Wildman–Crippen LogP) is -1.82. The zero-order valence-electron chi connectivity index (χ0n) is 16.9. The van der Waals surface area contributed by atoms with E-state index in [4.69, 9.17) is 30.4 Å². The Kier molecular flexibility index (Phi) is 17.3. The zero-order chi connectivity index (χ0) is 19.4. The lowest BCUT2D eigenvalue weighted by Gasteiger charge is -2.34. The van der Waals surface area contributed by atoms with Crippen molar-refractivity contribution in [2.24, 2.45) is 11.5 Å². The maximum Gasteiger partial charge on any atom is 0.0701 e. The highest BCUT2D eigenvalue weighted by atomic mass is 16.5. The number of nitrogens with two attached hydrogens (primary N) is 2. The van der Waals surface area contributed by atoms with Gasteiger partial charge in [-0.2, -0.15) is 0 Å². The summed E-state index contributed by atoms with van der Waals surface area (Å²) in [6.45, 7) is 14.8. The minimum absolute atomic E-state index is 0.564. The Morgan fingerprint density at radius 1 is 0.556 bits per heavy atom. The average molecular weight is 392 g/mol. The number of rotatable bonds is 19. The van der Waals surface area contributed by atoms with Crippen LogP contribution in [-0.4, -0.2) is 128 Å². The molecule has 162 valence electrons. The van der Waals surface area contributed by atoms with E-state index in [-0.39, 0.29) is 0 Å². The molecule has 1 rings (SSSR count). The number of ether oxygens (including phenoxy) is 4. The molecule has 0 saturated carbocycles. The van der Waals surface area contributed by atoms with Crippen LogP contribution in [0.5, 0.6) is 0 Å². The molecule has 0 aromatic carbocycles. The molecular weight excluding hydrogens is 350 g/mol. The minimum atomic E-state index is 0.564. The van der Waals surface area contributed by atoms with E-state index >= 15 is 0 Å². The molecule has 1 aliphatic heterocycles. The number of hydrogen-bond acceptors (Lipinski definition) is 9. The number of nitrogens with zero attached hydrogens (tertiary/aromatic N) is 2. The summed E-state index contributed by atoms with van der Waals surface area (Å²) in [5.41, 5.74) is 10.7. The maximum absolute atomic E-state index is 5.59. The summed E-state index contributed by atoms with van der Waals surface area (Å²) < 4.78 is 21.6. The topological polar surface area (TPSA) is 107 Å². The standard InChI is InChI=1S/C18H41N5O4/c19-1-11-24-15-17-26-13-4-21-3-5-22-6-8-23(9-7-22)10-14-27-18-16-25-12-2-20/h21H,1-20H2. The van der Waals surface area contributed by atoms with E-state index in [0.717, 1.165) is 65.6 Å². The summed E-state index contributed by atoms with van der Waals surface area (Å²) in [5.74, 6) is 0. The fourth-order valence-corrected chi connectivity index (χ4v) is 2.75. The van der Waals surface area contributed by atoms with Crippen molar-refractivity contribution in [1.29, 1.82) is 0 Å². The first-order chi connectivity index (χ1) is 13.4. The molecule has 9 nitrogen and oxygen atoms in total. The third kappa shape index (κ3) is 15.3. The second-order valence-electron chi connectivity index (χ2n) is 6.46. The molecule has 0 bridgehead atoms. The van der Waals surface area contributed by atoms with Gasteiger partial charge < -0.3 is 35.7 Å². The van der Waals surface area contributed by atoms with E-state index in [2.05, 4.69) is 15.1 Å². The Morgan fingerprint density at radius 3 is 1.59 bits per heavy atom. The Balaban J connectivity index is 1.82. The molecule has 0 radical (unpaired) electrons. The SMILES string of the molecule is NCCOCCOCCNCCN1CCN(CCOCCOCCN)CC1. The van der Waals surface area contributed by atoms with Crippen molar-refractivity contribution in [1.82, 2.24) is 15.1 Å². The van der Waals surface area contributed by atoms with Crippen LogP contribution in [0.15, 0.2) is 0 Å². The quantitative estimate of drug-likeness (QED) is 0.219.